The SMILES string of the molecule is CCOC(=O)CCNC(=O)c1cccc(NC(=O)c2ccccc2-c2ccc(C(F)(F)F)cc2)c1. The predicted molar refractivity (Wildman–Crippen MR) is 125 cm³/mol. The van der Waals surface area contributed by atoms with Crippen LogP contribution in [0, 0.1) is 0 Å². The highest BCUT2D eigenvalue weighted by molar-refractivity contribution is 6.09. The predicted octanol–water partition coefficient (Wildman–Crippen LogP) is 5.31. The quantitative estimate of drug-likeness (QED) is 0.425. The molecule has 2 N–H and O–H groups in total. The number of carbonyl (C=O) groups excluding carboxylic acids is 3. The summed E-state index contributed by atoms with van der Waals surface area (Å²) in [7, 11) is 0. The minimum atomic E-state index is -4.45. The fourth-order valence-electron chi connectivity index (χ4n) is 3.32. The molecule has 2 amide bonds. The molecule has 0 radical (unpaired) electrons. The molecule has 3 rings (SSSR count). The van der Waals surface area contributed by atoms with E-state index in [2.05, 4.69) is 10.6 Å². The molecular weight excluding hydrogens is 461 g/mol. The van der Waals surface area contributed by atoms with Crippen LogP contribution in [0.15, 0.2) is 72.8 Å². The zero-order chi connectivity index (χ0) is 25.4. The van der Waals surface area contributed by atoms with E-state index in [0.29, 0.717) is 16.8 Å². The average molecular weight is 484 g/mol. The molecule has 182 valence electrons. The Balaban J connectivity index is 1.72. The number of anilines is 1. The van der Waals surface area contributed by atoms with Crippen molar-refractivity contribution in [2.75, 3.05) is 18.5 Å². The Morgan fingerprint density at radius 3 is 2.29 bits per heavy atom. The Bertz CT molecular complexity index is 1210. The topological polar surface area (TPSA) is 84.5 Å². The second-order valence-electron chi connectivity index (χ2n) is 7.47. The number of alkyl halides is 3. The number of ether oxygens (including phenoxy) is 1. The molecule has 0 heterocycles. The minimum absolute atomic E-state index is 0.0384. The van der Waals surface area contributed by atoms with Gasteiger partial charge in [0.05, 0.1) is 18.6 Å². The normalized spacial score (nSPS) is 11.0. The summed E-state index contributed by atoms with van der Waals surface area (Å²) >= 11 is 0. The molecule has 0 saturated carbocycles. The molecule has 0 unspecified atom stereocenters. The van der Waals surface area contributed by atoms with Crippen molar-refractivity contribution in [3.63, 3.8) is 0 Å². The van der Waals surface area contributed by atoms with E-state index < -0.39 is 29.5 Å². The summed E-state index contributed by atoms with van der Waals surface area (Å²) in [6.45, 7) is 2.06. The van der Waals surface area contributed by atoms with Gasteiger partial charge < -0.3 is 15.4 Å². The number of benzene rings is 3. The second-order valence-corrected chi connectivity index (χ2v) is 7.47. The number of carbonyl (C=O) groups is 3. The lowest BCUT2D eigenvalue weighted by atomic mass is 9.98. The zero-order valence-electron chi connectivity index (χ0n) is 18.8. The fraction of sp³-hybridized carbons (Fsp3) is 0.192. The molecule has 9 heteroatoms. The highest BCUT2D eigenvalue weighted by Crippen LogP contribution is 2.32. The lowest BCUT2D eigenvalue weighted by molar-refractivity contribution is -0.143. The molecule has 0 saturated heterocycles. The smallest absolute Gasteiger partial charge is 0.416 e. The second kappa shape index (κ2) is 11.3. The number of nitrogens with one attached hydrogen (secondary N) is 2. The number of hydrogen-bond acceptors (Lipinski definition) is 4. The van der Waals surface area contributed by atoms with Gasteiger partial charge >= 0.3 is 12.1 Å². The van der Waals surface area contributed by atoms with Crippen molar-refractivity contribution < 1.29 is 32.3 Å². The standard InChI is InChI=1S/C26H23F3N2O4/c1-2-35-23(32)14-15-30-24(33)18-6-5-7-20(16-18)31-25(34)22-9-4-3-8-21(22)17-10-12-19(13-11-17)26(27,28)29/h3-13,16H,2,14-15H2,1H3,(H,30,33)(H,31,34). The fourth-order valence-corrected chi connectivity index (χ4v) is 3.32. The first-order chi connectivity index (χ1) is 16.7. The molecule has 0 atom stereocenters. The van der Waals surface area contributed by atoms with Crippen LogP contribution >= 0.6 is 0 Å². The van der Waals surface area contributed by atoms with Crippen molar-refractivity contribution in [2.45, 2.75) is 19.5 Å². The number of esters is 1. The summed E-state index contributed by atoms with van der Waals surface area (Å²) in [6, 6.07) is 17.4. The van der Waals surface area contributed by atoms with Gasteiger partial charge in [-0.3, -0.25) is 14.4 Å². The first-order valence-electron chi connectivity index (χ1n) is 10.8. The van der Waals surface area contributed by atoms with E-state index >= 15 is 0 Å². The van der Waals surface area contributed by atoms with Crippen molar-refractivity contribution in [1.82, 2.24) is 5.32 Å². The van der Waals surface area contributed by atoms with Crippen LogP contribution in [-0.4, -0.2) is 30.9 Å². The van der Waals surface area contributed by atoms with Crippen LogP contribution in [0.5, 0.6) is 0 Å². The highest BCUT2D eigenvalue weighted by atomic mass is 19.4. The van der Waals surface area contributed by atoms with Gasteiger partial charge in [0.1, 0.15) is 0 Å². The molecular formula is C26H23F3N2O4. The summed E-state index contributed by atoms with van der Waals surface area (Å²) in [5.41, 5.74) is 1.04. The number of amides is 2. The summed E-state index contributed by atoms with van der Waals surface area (Å²) in [5.74, 6) is -1.32. The van der Waals surface area contributed by atoms with Gasteiger partial charge in [0.2, 0.25) is 0 Å². The third-order valence-corrected chi connectivity index (χ3v) is 5.00. The van der Waals surface area contributed by atoms with Gasteiger partial charge in [-0.05, 0) is 54.4 Å². The van der Waals surface area contributed by atoms with Crippen molar-refractivity contribution in [3.8, 4) is 11.1 Å². The molecule has 6 nitrogen and oxygen atoms in total. The first kappa shape index (κ1) is 25.5. The van der Waals surface area contributed by atoms with E-state index in [1.54, 1.807) is 49.4 Å². The maximum absolute atomic E-state index is 13.0. The maximum Gasteiger partial charge on any atom is 0.416 e. The molecule has 3 aromatic carbocycles. The van der Waals surface area contributed by atoms with E-state index in [9.17, 15) is 27.6 Å². The first-order valence-corrected chi connectivity index (χ1v) is 10.8. The van der Waals surface area contributed by atoms with Gasteiger partial charge in [0.25, 0.3) is 11.8 Å². The van der Waals surface area contributed by atoms with Crippen LogP contribution in [0.4, 0.5) is 18.9 Å². The van der Waals surface area contributed by atoms with Crippen LogP contribution in [0.2, 0.25) is 0 Å². The van der Waals surface area contributed by atoms with E-state index in [1.807, 2.05) is 0 Å². The monoisotopic (exact) mass is 484 g/mol. The van der Waals surface area contributed by atoms with E-state index in [4.69, 9.17) is 4.74 Å². The number of hydrogen-bond donors (Lipinski definition) is 2. The molecule has 0 aliphatic rings. The molecule has 0 fully saturated rings. The Hall–Kier alpha value is -4.14. The molecule has 0 aromatic heterocycles. The van der Waals surface area contributed by atoms with Crippen molar-refractivity contribution in [3.05, 3.63) is 89.5 Å². The Morgan fingerprint density at radius 2 is 1.60 bits per heavy atom. The molecule has 0 aliphatic carbocycles. The van der Waals surface area contributed by atoms with Gasteiger partial charge in [-0.15, -0.1) is 0 Å². The maximum atomic E-state index is 13.0. The minimum Gasteiger partial charge on any atom is -0.466 e. The lowest BCUT2D eigenvalue weighted by Crippen LogP contribution is -2.26. The number of halogens is 3. The van der Waals surface area contributed by atoms with Gasteiger partial charge in [0.15, 0.2) is 0 Å². The third-order valence-electron chi connectivity index (χ3n) is 5.00. The average Bonchev–Trinajstić information content (AvgIpc) is 2.84. The highest BCUT2D eigenvalue weighted by Gasteiger charge is 2.30. The van der Waals surface area contributed by atoms with E-state index in [-0.39, 0.29) is 30.7 Å². The van der Waals surface area contributed by atoms with Gasteiger partial charge in [0, 0.05) is 23.4 Å². The third kappa shape index (κ3) is 6.92. The van der Waals surface area contributed by atoms with Crippen LogP contribution in [0.1, 0.15) is 39.6 Å². The summed E-state index contributed by atoms with van der Waals surface area (Å²) in [4.78, 5) is 36.7. The molecule has 0 spiro atoms. The largest absolute Gasteiger partial charge is 0.466 e. The van der Waals surface area contributed by atoms with Crippen LogP contribution in [0.25, 0.3) is 11.1 Å². The molecule has 3 aromatic rings. The zero-order valence-corrected chi connectivity index (χ0v) is 18.8. The summed E-state index contributed by atoms with van der Waals surface area (Å²) < 4.78 is 43.5. The Labute approximate surface area is 200 Å². The van der Waals surface area contributed by atoms with Crippen LogP contribution in [0.3, 0.4) is 0 Å². The molecule has 35 heavy (non-hydrogen) atoms. The van der Waals surface area contributed by atoms with Crippen LogP contribution < -0.4 is 10.6 Å². The molecule has 0 aliphatic heterocycles. The van der Waals surface area contributed by atoms with Gasteiger partial charge in [-0.25, -0.2) is 0 Å². The number of rotatable bonds is 8. The van der Waals surface area contributed by atoms with E-state index in [0.717, 1.165) is 12.1 Å². The van der Waals surface area contributed by atoms with Crippen molar-refractivity contribution in [1.29, 1.82) is 0 Å². The van der Waals surface area contributed by atoms with Crippen molar-refractivity contribution >= 4 is 23.5 Å². The van der Waals surface area contributed by atoms with Gasteiger partial charge in [-0.1, -0.05) is 36.4 Å². The lowest BCUT2D eigenvalue weighted by Gasteiger charge is -2.12. The van der Waals surface area contributed by atoms with E-state index in [1.165, 1.54) is 18.2 Å². The summed E-state index contributed by atoms with van der Waals surface area (Å²) in [6.07, 6.45) is -4.41. The van der Waals surface area contributed by atoms with Crippen LogP contribution in [-0.2, 0) is 15.7 Å². The summed E-state index contributed by atoms with van der Waals surface area (Å²) in [5, 5.41) is 5.33. The van der Waals surface area contributed by atoms with Gasteiger partial charge in [-0.2, -0.15) is 13.2 Å². The Morgan fingerprint density at radius 1 is 0.886 bits per heavy atom. The Kier molecular flexibility index (Phi) is 8.25. The molecule has 0 bridgehead atoms. The van der Waals surface area contributed by atoms with Crippen molar-refractivity contribution in [2.24, 2.45) is 0 Å².